The molecule has 1 fully saturated rings. The first-order valence-corrected chi connectivity index (χ1v) is 8.47. The number of rotatable bonds is 4. The predicted octanol–water partition coefficient (Wildman–Crippen LogP) is 2.29. The fraction of sp³-hybridized carbons (Fsp3) is 0.421. The molecular formula is C19H23N3O3. The number of carbonyl (C=O) groups is 2. The van der Waals surface area contributed by atoms with Gasteiger partial charge in [0, 0.05) is 37.3 Å². The number of aryl methyl sites for hydroxylation is 2. The van der Waals surface area contributed by atoms with Gasteiger partial charge in [0.1, 0.15) is 0 Å². The van der Waals surface area contributed by atoms with Crippen molar-refractivity contribution >= 4 is 11.9 Å². The zero-order chi connectivity index (χ0) is 18.1. The van der Waals surface area contributed by atoms with Crippen LogP contribution in [0.5, 0.6) is 0 Å². The minimum atomic E-state index is -0.915. The molecule has 1 aromatic carbocycles. The normalized spacial score (nSPS) is 17.1. The van der Waals surface area contributed by atoms with Crippen molar-refractivity contribution in [3.8, 4) is 0 Å². The van der Waals surface area contributed by atoms with E-state index in [1.807, 2.05) is 37.9 Å². The van der Waals surface area contributed by atoms with Gasteiger partial charge in [-0.15, -0.1) is 0 Å². The van der Waals surface area contributed by atoms with Gasteiger partial charge in [0.05, 0.1) is 17.7 Å². The minimum Gasteiger partial charge on any atom is -0.478 e. The lowest BCUT2D eigenvalue weighted by molar-refractivity contribution is -0.129. The van der Waals surface area contributed by atoms with Crippen LogP contribution in [0.4, 0.5) is 0 Å². The zero-order valence-electron chi connectivity index (χ0n) is 14.8. The number of carbonyl (C=O) groups excluding carboxylic acids is 1. The molecule has 0 bridgehead atoms. The lowest BCUT2D eigenvalue weighted by atomic mass is 9.93. The molecule has 2 heterocycles. The van der Waals surface area contributed by atoms with Crippen LogP contribution in [0.15, 0.2) is 24.3 Å². The first kappa shape index (κ1) is 17.2. The van der Waals surface area contributed by atoms with Crippen LogP contribution in [-0.4, -0.2) is 44.8 Å². The maximum absolute atomic E-state index is 12.7. The number of hydrogen-bond donors (Lipinski definition) is 1. The lowest BCUT2D eigenvalue weighted by Gasteiger charge is -2.18. The molecule has 25 heavy (non-hydrogen) atoms. The molecule has 0 aliphatic carbocycles. The molecule has 1 saturated heterocycles. The summed E-state index contributed by atoms with van der Waals surface area (Å²) in [6.45, 7) is 5.13. The average Bonchev–Trinajstić information content (AvgIpc) is 3.16. The summed E-state index contributed by atoms with van der Waals surface area (Å²) in [5.41, 5.74) is 4.04. The predicted molar refractivity (Wildman–Crippen MR) is 93.7 cm³/mol. The van der Waals surface area contributed by atoms with E-state index in [0.29, 0.717) is 25.1 Å². The summed E-state index contributed by atoms with van der Waals surface area (Å²) >= 11 is 0. The highest BCUT2D eigenvalue weighted by atomic mass is 16.4. The number of likely N-dealkylation sites (tertiary alicyclic amines) is 1. The maximum atomic E-state index is 12.7. The van der Waals surface area contributed by atoms with Gasteiger partial charge in [-0.3, -0.25) is 9.48 Å². The van der Waals surface area contributed by atoms with E-state index in [9.17, 15) is 14.7 Å². The van der Waals surface area contributed by atoms with Crippen LogP contribution >= 0.6 is 0 Å². The molecule has 1 aliphatic rings. The monoisotopic (exact) mass is 341 g/mol. The molecule has 1 aromatic heterocycles. The highest BCUT2D eigenvalue weighted by Crippen LogP contribution is 2.30. The molecule has 132 valence electrons. The largest absolute Gasteiger partial charge is 0.478 e. The smallest absolute Gasteiger partial charge is 0.335 e. The van der Waals surface area contributed by atoms with Crippen molar-refractivity contribution in [2.24, 2.45) is 7.05 Å². The van der Waals surface area contributed by atoms with E-state index in [0.717, 1.165) is 28.9 Å². The molecule has 1 N–H and O–H groups in total. The first-order valence-electron chi connectivity index (χ1n) is 8.47. The minimum absolute atomic E-state index is 0.0762. The van der Waals surface area contributed by atoms with Gasteiger partial charge in [0.25, 0.3) is 0 Å². The number of hydrogen-bond acceptors (Lipinski definition) is 3. The fourth-order valence-corrected chi connectivity index (χ4v) is 3.62. The van der Waals surface area contributed by atoms with E-state index in [-0.39, 0.29) is 11.8 Å². The Morgan fingerprint density at radius 3 is 2.64 bits per heavy atom. The van der Waals surface area contributed by atoms with Crippen molar-refractivity contribution < 1.29 is 14.7 Å². The van der Waals surface area contributed by atoms with Crippen LogP contribution in [0.25, 0.3) is 0 Å². The van der Waals surface area contributed by atoms with E-state index >= 15 is 0 Å². The van der Waals surface area contributed by atoms with Crippen molar-refractivity contribution in [2.75, 3.05) is 13.1 Å². The van der Waals surface area contributed by atoms with Gasteiger partial charge in [-0.2, -0.15) is 5.10 Å². The molecule has 1 amide bonds. The lowest BCUT2D eigenvalue weighted by Crippen LogP contribution is -2.30. The summed E-state index contributed by atoms with van der Waals surface area (Å²) in [5, 5.41) is 13.7. The molecule has 3 rings (SSSR count). The Bertz CT molecular complexity index is 825. The first-order chi connectivity index (χ1) is 11.9. The molecule has 1 unspecified atom stereocenters. The summed E-state index contributed by atoms with van der Waals surface area (Å²) in [6, 6.07) is 7.08. The third kappa shape index (κ3) is 3.29. The summed E-state index contributed by atoms with van der Waals surface area (Å²) in [7, 11) is 1.88. The highest BCUT2D eigenvalue weighted by Gasteiger charge is 2.30. The van der Waals surface area contributed by atoms with Gasteiger partial charge < -0.3 is 10.0 Å². The van der Waals surface area contributed by atoms with Crippen LogP contribution < -0.4 is 0 Å². The number of benzene rings is 1. The van der Waals surface area contributed by atoms with E-state index in [1.54, 1.807) is 16.8 Å². The molecule has 6 heteroatoms. The van der Waals surface area contributed by atoms with Gasteiger partial charge in [-0.25, -0.2) is 4.79 Å². The number of aromatic carboxylic acids is 1. The van der Waals surface area contributed by atoms with Gasteiger partial charge >= 0.3 is 5.97 Å². The topological polar surface area (TPSA) is 75.4 Å². The van der Waals surface area contributed by atoms with E-state index in [1.165, 1.54) is 0 Å². The Morgan fingerprint density at radius 2 is 2.00 bits per heavy atom. The van der Waals surface area contributed by atoms with Gasteiger partial charge in [-0.05, 0) is 31.9 Å². The number of aromatic nitrogens is 2. The molecular weight excluding hydrogens is 318 g/mol. The van der Waals surface area contributed by atoms with Crippen molar-refractivity contribution in [3.63, 3.8) is 0 Å². The zero-order valence-corrected chi connectivity index (χ0v) is 14.8. The van der Waals surface area contributed by atoms with Crippen LogP contribution in [0.3, 0.4) is 0 Å². The molecule has 1 atom stereocenters. The summed E-state index contributed by atoms with van der Waals surface area (Å²) in [6.07, 6.45) is 1.14. The van der Waals surface area contributed by atoms with Gasteiger partial charge in [0.2, 0.25) is 5.91 Å². The molecule has 0 saturated carbocycles. The molecule has 1 aliphatic heterocycles. The fourth-order valence-electron chi connectivity index (χ4n) is 3.62. The summed E-state index contributed by atoms with van der Waals surface area (Å²) in [4.78, 5) is 26.0. The molecule has 0 radical (unpaired) electrons. The van der Waals surface area contributed by atoms with Crippen LogP contribution in [0.1, 0.15) is 45.2 Å². The SMILES string of the molecule is Cc1nn(C)c(C)c1CC(=O)N1CCC(c2ccccc2C(=O)O)C1. The Labute approximate surface area is 147 Å². The highest BCUT2D eigenvalue weighted by molar-refractivity contribution is 5.89. The van der Waals surface area contributed by atoms with Gasteiger partial charge in [-0.1, -0.05) is 18.2 Å². The average molecular weight is 341 g/mol. The second kappa shape index (κ2) is 6.70. The molecule has 0 spiro atoms. The van der Waals surface area contributed by atoms with Gasteiger partial charge in [0.15, 0.2) is 0 Å². The van der Waals surface area contributed by atoms with E-state index < -0.39 is 5.97 Å². The summed E-state index contributed by atoms with van der Waals surface area (Å²) in [5.74, 6) is -0.760. The Kier molecular flexibility index (Phi) is 4.61. The van der Waals surface area contributed by atoms with E-state index in [2.05, 4.69) is 5.10 Å². The second-order valence-corrected chi connectivity index (χ2v) is 6.67. The third-order valence-electron chi connectivity index (χ3n) is 5.16. The number of amides is 1. The van der Waals surface area contributed by atoms with E-state index in [4.69, 9.17) is 0 Å². The van der Waals surface area contributed by atoms with Crippen molar-refractivity contribution in [1.82, 2.24) is 14.7 Å². The molecule has 6 nitrogen and oxygen atoms in total. The summed E-state index contributed by atoms with van der Waals surface area (Å²) < 4.78 is 1.80. The maximum Gasteiger partial charge on any atom is 0.335 e. The van der Waals surface area contributed by atoms with Crippen molar-refractivity contribution in [3.05, 3.63) is 52.3 Å². The Hall–Kier alpha value is -2.63. The number of carboxylic acid groups (broad SMARTS) is 1. The van der Waals surface area contributed by atoms with Crippen molar-refractivity contribution in [2.45, 2.75) is 32.6 Å². The van der Waals surface area contributed by atoms with Crippen molar-refractivity contribution in [1.29, 1.82) is 0 Å². The quantitative estimate of drug-likeness (QED) is 0.926. The molecule has 2 aromatic rings. The van der Waals surface area contributed by atoms with Crippen LogP contribution in [0, 0.1) is 13.8 Å². The van der Waals surface area contributed by atoms with Crippen LogP contribution in [-0.2, 0) is 18.3 Å². The second-order valence-electron chi connectivity index (χ2n) is 6.67. The Morgan fingerprint density at radius 1 is 1.28 bits per heavy atom. The standard InChI is InChI=1S/C19H23N3O3/c1-12-17(13(2)21(3)20-12)10-18(23)22-9-8-14(11-22)15-6-4-5-7-16(15)19(24)25/h4-7,14H,8-11H2,1-3H3,(H,24,25). The third-order valence-corrected chi connectivity index (χ3v) is 5.16. The number of carboxylic acids is 1. The van der Waals surface area contributed by atoms with Crippen LogP contribution in [0.2, 0.25) is 0 Å². The Balaban J connectivity index is 1.73. The number of nitrogens with zero attached hydrogens (tertiary/aromatic N) is 3.